The second-order valence-corrected chi connectivity index (χ2v) is 5.71. The lowest BCUT2D eigenvalue weighted by molar-refractivity contribution is 0.0526. The Hall–Kier alpha value is -1.13. The fraction of sp³-hybridized carbons (Fsp3) is 0.688. The van der Waals surface area contributed by atoms with E-state index in [0.29, 0.717) is 12.1 Å². The Morgan fingerprint density at radius 3 is 3.10 bits per heavy atom. The van der Waals surface area contributed by atoms with Crippen LogP contribution in [0.2, 0.25) is 0 Å². The average molecular weight is 277 g/mol. The Bertz CT molecular complexity index is 406. The molecule has 0 amide bonds. The third kappa shape index (κ3) is 4.18. The lowest BCUT2D eigenvalue weighted by Crippen LogP contribution is -2.40. The molecule has 1 saturated heterocycles. The van der Waals surface area contributed by atoms with Crippen molar-refractivity contribution >= 4 is 5.69 Å². The van der Waals surface area contributed by atoms with Gasteiger partial charge in [-0.25, -0.2) is 0 Å². The molecule has 1 aromatic rings. The Kier molecular flexibility index (Phi) is 5.80. The zero-order valence-electron chi connectivity index (χ0n) is 12.9. The highest BCUT2D eigenvalue weighted by Gasteiger charge is 2.22. The number of pyridine rings is 1. The average Bonchev–Trinajstić information content (AvgIpc) is 2.46. The van der Waals surface area contributed by atoms with Gasteiger partial charge in [-0.05, 0) is 31.4 Å². The van der Waals surface area contributed by atoms with E-state index >= 15 is 0 Å². The van der Waals surface area contributed by atoms with Gasteiger partial charge in [-0.3, -0.25) is 4.98 Å². The van der Waals surface area contributed by atoms with Crippen molar-refractivity contribution in [2.24, 2.45) is 0 Å². The van der Waals surface area contributed by atoms with Gasteiger partial charge in [0.25, 0.3) is 0 Å². The van der Waals surface area contributed by atoms with Crippen molar-refractivity contribution in [3.05, 3.63) is 24.0 Å². The Morgan fingerprint density at radius 2 is 2.35 bits per heavy atom. The summed E-state index contributed by atoms with van der Waals surface area (Å²) in [4.78, 5) is 6.73. The summed E-state index contributed by atoms with van der Waals surface area (Å²) < 4.78 is 5.79. The lowest BCUT2D eigenvalue weighted by Gasteiger charge is -2.35. The summed E-state index contributed by atoms with van der Waals surface area (Å²) in [5, 5.41) is 3.49. The van der Waals surface area contributed by atoms with Crippen LogP contribution in [0.25, 0.3) is 0 Å². The minimum Gasteiger partial charge on any atom is -0.377 e. The Labute approximate surface area is 122 Å². The van der Waals surface area contributed by atoms with E-state index in [1.807, 2.05) is 12.4 Å². The number of hydrogen-bond donors (Lipinski definition) is 1. The molecule has 112 valence electrons. The van der Waals surface area contributed by atoms with Gasteiger partial charge < -0.3 is 15.0 Å². The molecule has 0 aromatic carbocycles. The van der Waals surface area contributed by atoms with Gasteiger partial charge in [0.2, 0.25) is 0 Å². The highest BCUT2D eigenvalue weighted by Crippen LogP contribution is 2.24. The van der Waals surface area contributed by atoms with E-state index < -0.39 is 0 Å². The van der Waals surface area contributed by atoms with Gasteiger partial charge in [0.05, 0.1) is 18.0 Å². The fourth-order valence-electron chi connectivity index (χ4n) is 2.69. The number of nitrogens with zero attached hydrogens (tertiary/aromatic N) is 2. The summed E-state index contributed by atoms with van der Waals surface area (Å²) in [5.41, 5.74) is 2.58. The third-order valence-corrected chi connectivity index (χ3v) is 3.71. The number of nitrogens with one attached hydrogen (secondary N) is 1. The predicted octanol–water partition coefficient (Wildman–Crippen LogP) is 2.58. The monoisotopic (exact) mass is 277 g/mol. The molecular weight excluding hydrogens is 250 g/mol. The van der Waals surface area contributed by atoms with Crippen LogP contribution in [0.1, 0.15) is 39.2 Å². The van der Waals surface area contributed by atoms with Crippen molar-refractivity contribution in [3.8, 4) is 0 Å². The largest absolute Gasteiger partial charge is 0.377 e. The highest BCUT2D eigenvalue weighted by atomic mass is 16.5. The standard InChI is InChI=1S/C16H27N3O/c1-4-20-15-6-5-9-19(12-15)16-11-17-8-7-14(16)10-18-13(2)3/h7-8,11,13,15,18H,4-6,9-10,12H2,1-3H3. The second kappa shape index (κ2) is 7.60. The Balaban J connectivity index is 2.06. The van der Waals surface area contributed by atoms with Crippen molar-refractivity contribution in [3.63, 3.8) is 0 Å². The first-order chi connectivity index (χ1) is 9.70. The van der Waals surface area contributed by atoms with Crippen molar-refractivity contribution in [1.29, 1.82) is 0 Å². The molecule has 1 unspecified atom stereocenters. The Morgan fingerprint density at radius 1 is 1.50 bits per heavy atom. The number of piperidine rings is 1. The molecule has 0 saturated carbocycles. The maximum absolute atomic E-state index is 5.79. The van der Waals surface area contributed by atoms with Gasteiger partial charge in [-0.1, -0.05) is 13.8 Å². The normalized spacial score (nSPS) is 19.6. The number of rotatable bonds is 6. The molecule has 1 atom stereocenters. The van der Waals surface area contributed by atoms with Crippen LogP contribution in [0, 0.1) is 0 Å². The molecule has 2 heterocycles. The summed E-state index contributed by atoms with van der Waals surface area (Å²) in [6.45, 7) is 10.2. The maximum Gasteiger partial charge on any atom is 0.0750 e. The summed E-state index contributed by atoms with van der Waals surface area (Å²) in [5.74, 6) is 0. The fourth-order valence-corrected chi connectivity index (χ4v) is 2.69. The van der Waals surface area contributed by atoms with Crippen LogP contribution in [0.4, 0.5) is 5.69 Å². The molecule has 0 radical (unpaired) electrons. The molecule has 4 nitrogen and oxygen atoms in total. The van der Waals surface area contributed by atoms with Gasteiger partial charge in [-0.2, -0.15) is 0 Å². The van der Waals surface area contributed by atoms with Crippen molar-refractivity contribution in [2.45, 2.75) is 52.3 Å². The van der Waals surface area contributed by atoms with Crippen LogP contribution >= 0.6 is 0 Å². The maximum atomic E-state index is 5.79. The van der Waals surface area contributed by atoms with E-state index in [4.69, 9.17) is 4.74 Å². The van der Waals surface area contributed by atoms with E-state index in [1.165, 1.54) is 24.1 Å². The number of anilines is 1. The topological polar surface area (TPSA) is 37.4 Å². The first-order valence-corrected chi connectivity index (χ1v) is 7.73. The molecule has 1 fully saturated rings. The van der Waals surface area contributed by atoms with E-state index in [9.17, 15) is 0 Å². The van der Waals surface area contributed by atoms with Crippen LogP contribution < -0.4 is 10.2 Å². The van der Waals surface area contributed by atoms with Gasteiger partial charge in [0.1, 0.15) is 0 Å². The summed E-state index contributed by atoms with van der Waals surface area (Å²) in [7, 11) is 0. The van der Waals surface area contributed by atoms with Crippen LogP contribution in [-0.2, 0) is 11.3 Å². The smallest absolute Gasteiger partial charge is 0.0750 e. The number of hydrogen-bond acceptors (Lipinski definition) is 4. The summed E-state index contributed by atoms with van der Waals surface area (Å²) >= 11 is 0. The molecule has 1 aliphatic heterocycles. The van der Waals surface area contributed by atoms with Gasteiger partial charge >= 0.3 is 0 Å². The quantitative estimate of drug-likeness (QED) is 0.867. The van der Waals surface area contributed by atoms with E-state index in [-0.39, 0.29) is 0 Å². The van der Waals surface area contributed by atoms with E-state index in [1.54, 1.807) is 0 Å². The first kappa shape index (κ1) is 15.3. The molecule has 1 aromatic heterocycles. The molecular formula is C16H27N3O. The first-order valence-electron chi connectivity index (χ1n) is 7.73. The molecule has 2 rings (SSSR count). The lowest BCUT2D eigenvalue weighted by atomic mass is 10.1. The van der Waals surface area contributed by atoms with Crippen LogP contribution in [0.15, 0.2) is 18.5 Å². The zero-order valence-corrected chi connectivity index (χ0v) is 12.9. The molecule has 0 spiro atoms. The molecule has 1 N–H and O–H groups in total. The minimum atomic E-state index is 0.361. The van der Waals surface area contributed by atoms with E-state index in [0.717, 1.165) is 26.2 Å². The molecule has 4 heteroatoms. The number of ether oxygens (including phenoxy) is 1. The number of aromatic nitrogens is 1. The van der Waals surface area contributed by atoms with Crippen molar-refractivity contribution < 1.29 is 4.74 Å². The second-order valence-electron chi connectivity index (χ2n) is 5.71. The minimum absolute atomic E-state index is 0.361. The molecule has 20 heavy (non-hydrogen) atoms. The third-order valence-electron chi connectivity index (χ3n) is 3.71. The van der Waals surface area contributed by atoms with Gasteiger partial charge in [-0.15, -0.1) is 0 Å². The van der Waals surface area contributed by atoms with Crippen LogP contribution in [0.3, 0.4) is 0 Å². The molecule has 0 aliphatic carbocycles. The summed E-state index contributed by atoms with van der Waals surface area (Å²) in [6.07, 6.45) is 6.59. The van der Waals surface area contributed by atoms with Crippen LogP contribution in [0.5, 0.6) is 0 Å². The van der Waals surface area contributed by atoms with Gasteiger partial charge in [0.15, 0.2) is 0 Å². The zero-order chi connectivity index (χ0) is 14.4. The highest BCUT2D eigenvalue weighted by molar-refractivity contribution is 5.52. The van der Waals surface area contributed by atoms with E-state index in [2.05, 4.69) is 42.0 Å². The van der Waals surface area contributed by atoms with Crippen molar-refractivity contribution in [1.82, 2.24) is 10.3 Å². The summed E-state index contributed by atoms with van der Waals surface area (Å²) in [6, 6.07) is 2.61. The predicted molar refractivity (Wildman–Crippen MR) is 83.1 cm³/mol. The van der Waals surface area contributed by atoms with Crippen molar-refractivity contribution in [2.75, 3.05) is 24.6 Å². The molecule has 1 aliphatic rings. The van der Waals surface area contributed by atoms with Crippen LogP contribution in [-0.4, -0.2) is 36.8 Å². The molecule has 0 bridgehead atoms. The SMILES string of the molecule is CCOC1CCCN(c2cnccc2CNC(C)C)C1. The van der Waals surface area contributed by atoms with Gasteiger partial charge in [0, 0.05) is 38.5 Å².